The summed E-state index contributed by atoms with van der Waals surface area (Å²) >= 11 is 0. The predicted molar refractivity (Wildman–Crippen MR) is 64.1 cm³/mol. The number of aromatic nitrogens is 1. The molecule has 1 aliphatic heterocycles. The summed E-state index contributed by atoms with van der Waals surface area (Å²) < 4.78 is 5.32. The van der Waals surface area contributed by atoms with Crippen molar-refractivity contribution in [1.29, 1.82) is 0 Å². The Hall–Kier alpha value is -1.33. The minimum Gasteiger partial charge on any atom is -0.381 e. The first-order valence-corrected chi connectivity index (χ1v) is 5.64. The number of anilines is 2. The van der Waals surface area contributed by atoms with Crippen LogP contribution < -0.4 is 16.6 Å². The zero-order valence-corrected chi connectivity index (χ0v) is 9.28. The number of hydrazine groups is 1. The average Bonchev–Trinajstić information content (AvgIpc) is 2.38. The fourth-order valence-corrected chi connectivity index (χ4v) is 1.81. The number of nitrogens with one attached hydrogen (secondary N) is 2. The van der Waals surface area contributed by atoms with Crippen LogP contribution in [0.3, 0.4) is 0 Å². The molecule has 0 radical (unpaired) electrons. The Balaban J connectivity index is 1.83. The molecule has 1 saturated heterocycles. The average molecular weight is 222 g/mol. The molecule has 16 heavy (non-hydrogen) atoms. The third-order valence-corrected chi connectivity index (χ3v) is 2.81. The van der Waals surface area contributed by atoms with Gasteiger partial charge in [0.2, 0.25) is 0 Å². The molecule has 5 heteroatoms. The lowest BCUT2D eigenvalue weighted by Crippen LogP contribution is -2.23. The molecule has 0 bridgehead atoms. The van der Waals surface area contributed by atoms with Crippen LogP contribution in [-0.2, 0) is 4.74 Å². The van der Waals surface area contributed by atoms with Crippen molar-refractivity contribution in [2.24, 2.45) is 11.8 Å². The molecule has 0 amide bonds. The molecular formula is C11H18N4O. The van der Waals surface area contributed by atoms with Gasteiger partial charge in [0, 0.05) is 19.8 Å². The van der Waals surface area contributed by atoms with Crippen molar-refractivity contribution in [1.82, 2.24) is 4.98 Å². The minimum absolute atomic E-state index is 0.678. The standard InChI is InChI=1S/C11H18N4O/c12-15-11-3-1-2-10(14-11)13-8-9-4-6-16-7-5-9/h1-3,9H,4-8,12H2,(H2,13,14,15). The molecule has 88 valence electrons. The molecule has 2 rings (SSSR count). The number of nitrogens with two attached hydrogens (primary N) is 1. The second kappa shape index (κ2) is 5.67. The lowest BCUT2D eigenvalue weighted by atomic mass is 10.0. The summed E-state index contributed by atoms with van der Waals surface area (Å²) in [5, 5.41) is 3.33. The van der Waals surface area contributed by atoms with Crippen molar-refractivity contribution < 1.29 is 4.74 Å². The van der Waals surface area contributed by atoms with Crippen LogP contribution in [-0.4, -0.2) is 24.7 Å². The molecule has 0 aromatic carbocycles. The highest BCUT2D eigenvalue weighted by Crippen LogP contribution is 2.16. The van der Waals surface area contributed by atoms with Crippen molar-refractivity contribution in [3.63, 3.8) is 0 Å². The molecular weight excluding hydrogens is 204 g/mol. The molecule has 1 aromatic heterocycles. The first-order chi connectivity index (χ1) is 7.88. The Morgan fingerprint density at radius 1 is 1.31 bits per heavy atom. The van der Waals surface area contributed by atoms with Gasteiger partial charge in [-0.3, -0.25) is 0 Å². The molecule has 1 fully saturated rings. The monoisotopic (exact) mass is 222 g/mol. The molecule has 1 aliphatic rings. The van der Waals surface area contributed by atoms with Crippen molar-refractivity contribution in [3.05, 3.63) is 18.2 Å². The van der Waals surface area contributed by atoms with E-state index in [9.17, 15) is 0 Å². The van der Waals surface area contributed by atoms with E-state index >= 15 is 0 Å². The maximum absolute atomic E-state index is 5.32. The summed E-state index contributed by atoms with van der Waals surface area (Å²) in [6, 6.07) is 5.70. The van der Waals surface area contributed by atoms with Gasteiger partial charge in [-0.25, -0.2) is 10.8 Å². The summed E-state index contributed by atoms with van der Waals surface area (Å²) in [6.45, 7) is 2.71. The molecule has 1 aromatic rings. The van der Waals surface area contributed by atoms with Crippen LogP contribution in [0.2, 0.25) is 0 Å². The van der Waals surface area contributed by atoms with Crippen LogP contribution in [0.25, 0.3) is 0 Å². The Kier molecular flexibility index (Phi) is 3.96. The third kappa shape index (κ3) is 3.08. The normalized spacial score (nSPS) is 17.1. The lowest BCUT2D eigenvalue weighted by molar-refractivity contribution is 0.0699. The smallest absolute Gasteiger partial charge is 0.142 e. The maximum atomic E-state index is 5.32. The van der Waals surface area contributed by atoms with Crippen LogP contribution in [0, 0.1) is 5.92 Å². The fourth-order valence-electron chi connectivity index (χ4n) is 1.81. The van der Waals surface area contributed by atoms with Gasteiger partial charge in [-0.05, 0) is 30.9 Å². The van der Waals surface area contributed by atoms with Crippen LogP contribution >= 0.6 is 0 Å². The first-order valence-electron chi connectivity index (χ1n) is 5.64. The molecule has 5 nitrogen and oxygen atoms in total. The number of rotatable bonds is 4. The second-order valence-electron chi connectivity index (χ2n) is 3.99. The highest BCUT2D eigenvalue weighted by Gasteiger charge is 2.13. The molecule has 0 saturated carbocycles. The summed E-state index contributed by atoms with van der Waals surface area (Å²) in [5.74, 6) is 7.53. The summed E-state index contributed by atoms with van der Waals surface area (Å²) in [5.41, 5.74) is 2.53. The van der Waals surface area contributed by atoms with Crippen molar-refractivity contribution in [2.45, 2.75) is 12.8 Å². The van der Waals surface area contributed by atoms with E-state index in [0.717, 1.165) is 38.4 Å². The van der Waals surface area contributed by atoms with E-state index in [0.29, 0.717) is 11.7 Å². The van der Waals surface area contributed by atoms with Crippen molar-refractivity contribution in [2.75, 3.05) is 30.5 Å². The predicted octanol–water partition coefficient (Wildman–Crippen LogP) is 1.21. The Morgan fingerprint density at radius 2 is 2.06 bits per heavy atom. The van der Waals surface area contributed by atoms with Crippen LogP contribution in [0.1, 0.15) is 12.8 Å². The van der Waals surface area contributed by atoms with Gasteiger partial charge >= 0.3 is 0 Å². The molecule has 2 heterocycles. The molecule has 0 atom stereocenters. The topological polar surface area (TPSA) is 72.2 Å². The van der Waals surface area contributed by atoms with Gasteiger partial charge in [-0.1, -0.05) is 6.07 Å². The van der Waals surface area contributed by atoms with E-state index in [1.165, 1.54) is 0 Å². The number of nitrogens with zero attached hydrogens (tertiary/aromatic N) is 1. The summed E-state index contributed by atoms with van der Waals surface area (Å²) in [4.78, 5) is 4.30. The lowest BCUT2D eigenvalue weighted by Gasteiger charge is -2.22. The van der Waals surface area contributed by atoms with Gasteiger partial charge in [0.05, 0.1) is 0 Å². The molecule has 0 unspecified atom stereocenters. The van der Waals surface area contributed by atoms with Crippen LogP contribution in [0.4, 0.5) is 11.6 Å². The number of ether oxygens (including phenoxy) is 1. The van der Waals surface area contributed by atoms with Crippen LogP contribution in [0.15, 0.2) is 18.2 Å². The van der Waals surface area contributed by atoms with E-state index in [1.54, 1.807) is 0 Å². The van der Waals surface area contributed by atoms with Crippen molar-refractivity contribution in [3.8, 4) is 0 Å². The van der Waals surface area contributed by atoms with E-state index in [1.807, 2.05) is 18.2 Å². The highest BCUT2D eigenvalue weighted by atomic mass is 16.5. The largest absolute Gasteiger partial charge is 0.381 e. The summed E-state index contributed by atoms with van der Waals surface area (Å²) in [7, 11) is 0. The SMILES string of the molecule is NNc1cccc(NCC2CCOCC2)n1. The van der Waals surface area contributed by atoms with E-state index in [-0.39, 0.29) is 0 Å². The maximum Gasteiger partial charge on any atom is 0.142 e. The van der Waals surface area contributed by atoms with Gasteiger partial charge in [0.1, 0.15) is 11.6 Å². The quantitative estimate of drug-likeness (QED) is 0.527. The van der Waals surface area contributed by atoms with Crippen LogP contribution in [0.5, 0.6) is 0 Å². The van der Waals surface area contributed by atoms with Gasteiger partial charge < -0.3 is 15.5 Å². The van der Waals surface area contributed by atoms with Crippen molar-refractivity contribution >= 4 is 11.6 Å². The minimum atomic E-state index is 0.678. The van der Waals surface area contributed by atoms with E-state index in [4.69, 9.17) is 10.6 Å². The summed E-state index contributed by atoms with van der Waals surface area (Å²) in [6.07, 6.45) is 2.25. The zero-order chi connectivity index (χ0) is 11.2. The number of nitrogen functional groups attached to an aromatic ring is 1. The van der Waals surface area contributed by atoms with Gasteiger partial charge in [0.25, 0.3) is 0 Å². The fraction of sp³-hybridized carbons (Fsp3) is 0.545. The van der Waals surface area contributed by atoms with Gasteiger partial charge in [-0.15, -0.1) is 0 Å². The molecule has 0 spiro atoms. The zero-order valence-electron chi connectivity index (χ0n) is 9.28. The second-order valence-corrected chi connectivity index (χ2v) is 3.99. The van der Waals surface area contributed by atoms with Gasteiger partial charge in [0.15, 0.2) is 0 Å². The molecule has 0 aliphatic carbocycles. The first kappa shape index (κ1) is 11.2. The molecule has 4 N–H and O–H groups in total. The number of hydrogen-bond donors (Lipinski definition) is 3. The third-order valence-electron chi connectivity index (χ3n) is 2.81. The van der Waals surface area contributed by atoms with E-state index in [2.05, 4.69) is 15.7 Å². The van der Waals surface area contributed by atoms with Gasteiger partial charge in [-0.2, -0.15) is 0 Å². The van der Waals surface area contributed by atoms with E-state index < -0.39 is 0 Å². The number of pyridine rings is 1. The highest BCUT2D eigenvalue weighted by molar-refractivity contribution is 5.44. The Morgan fingerprint density at radius 3 is 2.81 bits per heavy atom. The Bertz CT molecular complexity index is 326. The number of hydrogen-bond acceptors (Lipinski definition) is 5. The Labute approximate surface area is 95.4 Å².